The van der Waals surface area contributed by atoms with E-state index in [0.29, 0.717) is 29.7 Å². The lowest BCUT2D eigenvalue weighted by atomic mass is 9.85. The first kappa shape index (κ1) is 32.9. The highest BCUT2D eigenvalue weighted by molar-refractivity contribution is 5.92. The highest BCUT2D eigenvalue weighted by Gasteiger charge is 2.32. The Balaban J connectivity index is 1.20. The molecule has 10 nitrogen and oxygen atoms in total. The maximum Gasteiger partial charge on any atom is 0.159 e. The van der Waals surface area contributed by atoms with Crippen LogP contribution in [-0.2, 0) is 0 Å². The second kappa shape index (κ2) is 14.3. The van der Waals surface area contributed by atoms with E-state index in [0.717, 1.165) is 67.4 Å². The lowest BCUT2D eigenvalue weighted by molar-refractivity contribution is 0.470. The average Bonchev–Trinajstić information content (AvgIpc) is 3.29. The first-order valence-corrected chi connectivity index (χ1v) is 18.2. The van der Waals surface area contributed by atoms with Crippen molar-refractivity contribution < 1.29 is 4.74 Å². The Hall–Kier alpha value is -7.72. The normalized spacial score (nSPS) is 14.5. The van der Waals surface area contributed by atoms with E-state index in [1.54, 1.807) is 49.6 Å². The fourth-order valence-electron chi connectivity index (χ4n) is 7.34. The second-order valence-corrected chi connectivity index (χ2v) is 13.4. The van der Waals surface area contributed by atoms with E-state index in [2.05, 4.69) is 112 Å². The van der Waals surface area contributed by atoms with Crippen LogP contribution in [-0.4, -0.2) is 45.9 Å². The van der Waals surface area contributed by atoms with Crippen LogP contribution >= 0.6 is 0 Å². The summed E-state index contributed by atoms with van der Waals surface area (Å²) in [7, 11) is 0. The maximum absolute atomic E-state index is 6.45. The molecule has 10 rings (SSSR count). The Labute approximate surface area is 322 Å². The van der Waals surface area contributed by atoms with Gasteiger partial charge in [0.1, 0.15) is 0 Å². The molecule has 1 atom stereocenters. The Morgan fingerprint density at radius 2 is 0.804 bits per heavy atom. The SMILES string of the molecule is C1=C(c2cc(-c3ncccn3)cc(-c3ncccn3)c2)C=C(c2cc(-c3ncccn3)cc(-c3ncccn3)c2)CC1N1c2ccccc2Oc2ccccc21. The van der Waals surface area contributed by atoms with Gasteiger partial charge in [0.2, 0.25) is 0 Å². The van der Waals surface area contributed by atoms with Crippen LogP contribution in [0.2, 0.25) is 0 Å². The fraction of sp³-hybridized carbons (Fsp3) is 0.0435. The van der Waals surface area contributed by atoms with E-state index in [1.165, 1.54) is 0 Å². The van der Waals surface area contributed by atoms with Gasteiger partial charge in [-0.3, -0.25) is 0 Å². The molecule has 0 saturated heterocycles. The molecule has 56 heavy (non-hydrogen) atoms. The Morgan fingerprint density at radius 3 is 1.23 bits per heavy atom. The maximum atomic E-state index is 6.45. The van der Waals surface area contributed by atoms with Crippen molar-refractivity contribution in [3.63, 3.8) is 0 Å². The average molecular weight is 726 g/mol. The van der Waals surface area contributed by atoms with E-state index >= 15 is 0 Å². The van der Waals surface area contributed by atoms with Gasteiger partial charge in [-0.1, -0.05) is 36.4 Å². The summed E-state index contributed by atoms with van der Waals surface area (Å²) in [6.45, 7) is 0. The molecule has 0 N–H and O–H groups in total. The summed E-state index contributed by atoms with van der Waals surface area (Å²) in [5.74, 6) is 4.07. The Kier molecular flexibility index (Phi) is 8.37. The minimum Gasteiger partial charge on any atom is -0.453 e. The van der Waals surface area contributed by atoms with Crippen molar-refractivity contribution >= 4 is 22.5 Å². The number of hydrogen-bond donors (Lipinski definition) is 0. The van der Waals surface area contributed by atoms with E-state index in [4.69, 9.17) is 4.74 Å². The van der Waals surface area contributed by atoms with E-state index in [-0.39, 0.29) is 6.04 Å². The molecule has 0 spiro atoms. The summed E-state index contributed by atoms with van der Waals surface area (Å²) in [4.78, 5) is 39.3. The van der Waals surface area contributed by atoms with Crippen molar-refractivity contribution in [2.24, 2.45) is 0 Å². The highest BCUT2D eigenvalue weighted by Crippen LogP contribution is 2.50. The first-order valence-electron chi connectivity index (χ1n) is 18.2. The fourth-order valence-corrected chi connectivity index (χ4v) is 7.34. The number of anilines is 2. The molecule has 0 fully saturated rings. The first-order chi connectivity index (χ1) is 27.7. The van der Waals surface area contributed by atoms with Crippen molar-refractivity contribution in [1.29, 1.82) is 0 Å². The van der Waals surface area contributed by atoms with Crippen molar-refractivity contribution in [2.75, 3.05) is 4.90 Å². The molecule has 8 aromatic rings. The quantitative estimate of drug-likeness (QED) is 0.157. The molecule has 1 unspecified atom stereocenters. The molecular formula is C46H31N9O. The standard InChI is InChI=1S/C46H31N9O/c1-3-11-41-39(9-1)55(40-10-2-4-12-42(40)56-41)38-28-32(30-22-34(43-47-13-5-14-48-43)26-35(23-30)44-49-15-6-16-50-44)21-33(29-38)31-24-36(45-51-17-7-18-52-45)27-37(25-31)46-53-19-8-20-54-46/h1-28,38H,29H2. The largest absolute Gasteiger partial charge is 0.453 e. The van der Waals surface area contributed by atoms with Gasteiger partial charge in [0, 0.05) is 71.8 Å². The van der Waals surface area contributed by atoms with Crippen LogP contribution < -0.4 is 9.64 Å². The van der Waals surface area contributed by atoms with E-state index in [9.17, 15) is 0 Å². The molecular weight excluding hydrogens is 695 g/mol. The zero-order valence-corrected chi connectivity index (χ0v) is 29.9. The molecule has 0 bridgehead atoms. The minimum absolute atomic E-state index is 0.127. The zero-order valence-electron chi connectivity index (χ0n) is 29.9. The predicted molar refractivity (Wildman–Crippen MR) is 216 cm³/mol. The Morgan fingerprint density at radius 1 is 0.429 bits per heavy atom. The minimum atomic E-state index is -0.127. The number of rotatable bonds is 7. The van der Waals surface area contributed by atoms with Crippen molar-refractivity contribution in [2.45, 2.75) is 12.5 Å². The molecule has 4 aromatic carbocycles. The van der Waals surface area contributed by atoms with Gasteiger partial charge in [-0.25, -0.2) is 39.9 Å². The monoisotopic (exact) mass is 725 g/mol. The summed E-state index contributed by atoms with van der Waals surface area (Å²) in [6, 6.07) is 36.2. The van der Waals surface area contributed by atoms with Gasteiger partial charge >= 0.3 is 0 Å². The molecule has 5 heterocycles. The van der Waals surface area contributed by atoms with E-state index < -0.39 is 0 Å². The van der Waals surface area contributed by atoms with Crippen LogP contribution in [0, 0.1) is 0 Å². The molecule has 4 aromatic heterocycles. The number of aromatic nitrogens is 8. The topological polar surface area (TPSA) is 116 Å². The number of fused-ring (bicyclic) bond motifs is 2. The smallest absolute Gasteiger partial charge is 0.159 e. The van der Waals surface area contributed by atoms with Gasteiger partial charge in [-0.05, 0) is 114 Å². The number of benzene rings is 4. The second-order valence-electron chi connectivity index (χ2n) is 13.4. The van der Waals surface area contributed by atoms with Gasteiger partial charge in [0.25, 0.3) is 0 Å². The lowest BCUT2D eigenvalue weighted by Gasteiger charge is -2.39. The summed E-state index contributed by atoms with van der Waals surface area (Å²) < 4.78 is 6.45. The molecule has 0 amide bonds. The lowest BCUT2D eigenvalue weighted by Crippen LogP contribution is -2.33. The van der Waals surface area contributed by atoms with Gasteiger partial charge < -0.3 is 9.64 Å². The zero-order chi connectivity index (χ0) is 37.3. The molecule has 0 saturated carbocycles. The molecule has 266 valence electrons. The highest BCUT2D eigenvalue weighted by atomic mass is 16.5. The van der Waals surface area contributed by atoms with E-state index in [1.807, 2.05) is 54.6 Å². The molecule has 10 heteroatoms. The summed E-state index contributed by atoms with van der Waals surface area (Å²) in [5.41, 5.74) is 9.55. The van der Waals surface area contributed by atoms with Gasteiger partial charge in [-0.15, -0.1) is 0 Å². The molecule has 0 radical (unpaired) electrons. The molecule has 1 aliphatic heterocycles. The molecule has 1 aliphatic carbocycles. The van der Waals surface area contributed by atoms with Crippen molar-refractivity contribution in [3.8, 4) is 57.1 Å². The third-order valence-corrected chi connectivity index (χ3v) is 9.80. The number of nitrogens with zero attached hydrogens (tertiary/aromatic N) is 9. The summed E-state index contributed by atoms with van der Waals surface area (Å²) in [6.07, 6.45) is 19.4. The van der Waals surface area contributed by atoms with Gasteiger partial charge in [-0.2, -0.15) is 0 Å². The van der Waals surface area contributed by atoms with Crippen LogP contribution in [0.4, 0.5) is 11.4 Å². The summed E-state index contributed by atoms with van der Waals surface area (Å²) in [5, 5.41) is 0. The number of para-hydroxylation sites is 4. The van der Waals surface area contributed by atoms with Crippen molar-refractivity contribution in [3.05, 3.63) is 182 Å². The number of hydrogen-bond acceptors (Lipinski definition) is 10. The van der Waals surface area contributed by atoms with Gasteiger partial charge in [0.15, 0.2) is 34.8 Å². The number of ether oxygens (including phenoxy) is 1. The van der Waals surface area contributed by atoms with Crippen LogP contribution in [0.3, 0.4) is 0 Å². The summed E-state index contributed by atoms with van der Waals surface area (Å²) >= 11 is 0. The Bertz CT molecular complexity index is 2600. The number of allylic oxidation sites excluding steroid dienone is 2. The van der Waals surface area contributed by atoms with Gasteiger partial charge in [0.05, 0.1) is 17.4 Å². The third-order valence-electron chi connectivity index (χ3n) is 9.80. The predicted octanol–water partition coefficient (Wildman–Crippen LogP) is 9.70. The van der Waals surface area contributed by atoms with Crippen molar-refractivity contribution in [1.82, 2.24) is 39.9 Å². The van der Waals surface area contributed by atoms with Crippen LogP contribution in [0.25, 0.3) is 56.7 Å². The van der Waals surface area contributed by atoms with Crippen LogP contribution in [0.1, 0.15) is 17.5 Å². The molecule has 2 aliphatic rings. The third kappa shape index (κ3) is 6.35. The van der Waals surface area contributed by atoms with Crippen LogP contribution in [0.5, 0.6) is 11.5 Å². The van der Waals surface area contributed by atoms with Crippen LogP contribution in [0.15, 0.2) is 171 Å².